The number of ether oxygens (including phenoxy) is 1. The van der Waals surface area contributed by atoms with Gasteiger partial charge in [-0.25, -0.2) is 0 Å². The summed E-state index contributed by atoms with van der Waals surface area (Å²) in [7, 11) is 4.24. The molecule has 0 atom stereocenters. The highest BCUT2D eigenvalue weighted by Crippen LogP contribution is 2.28. The van der Waals surface area contributed by atoms with Crippen LogP contribution in [0.2, 0.25) is 0 Å². The summed E-state index contributed by atoms with van der Waals surface area (Å²) >= 11 is 0. The van der Waals surface area contributed by atoms with E-state index in [1.54, 1.807) is 0 Å². The van der Waals surface area contributed by atoms with E-state index in [1.165, 1.54) is 22.0 Å². The summed E-state index contributed by atoms with van der Waals surface area (Å²) in [6.07, 6.45) is 3.55. The quantitative estimate of drug-likeness (QED) is 0.601. The number of aryl methyl sites for hydroxylation is 1. The predicted octanol–water partition coefficient (Wildman–Crippen LogP) is 5.05. The molecule has 0 aliphatic heterocycles. The molecule has 3 heteroatoms. The van der Waals surface area contributed by atoms with E-state index in [-0.39, 0.29) is 6.10 Å². The van der Waals surface area contributed by atoms with Crippen molar-refractivity contribution in [2.24, 2.45) is 0 Å². The zero-order valence-electron chi connectivity index (χ0n) is 15.7. The second-order valence-electron chi connectivity index (χ2n) is 7.13. The molecule has 0 unspecified atom stereocenters. The van der Waals surface area contributed by atoms with Crippen molar-refractivity contribution in [1.29, 1.82) is 0 Å². The molecular weight excluding hydrogens is 308 g/mol. The van der Waals surface area contributed by atoms with E-state index >= 15 is 0 Å². The van der Waals surface area contributed by atoms with Gasteiger partial charge in [0.2, 0.25) is 0 Å². The maximum Gasteiger partial charge on any atom is 0.120 e. The third-order valence-electron chi connectivity index (χ3n) is 4.31. The minimum Gasteiger partial charge on any atom is -0.491 e. The molecule has 0 saturated carbocycles. The number of benzene rings is 2. The molecule has 132 valence electrons. The Labute approximate surface area is 150 Å². The highest BCUT2D eigenvalue weighted by Gasteiger charge is 2.06. The van der Waals surface area contributed by atoms with Crippen molar-refractivity contribution in [2.75, 3.05) is 20.6 Å². The molecule has 25 heavy (non-hydrogen) atoms. The van der Waals surface area contributed by atoms with Gasteiger partial charge >= 0.3 is 0 Å². The number of nitrogens with zero attached hydrogens (tertiary/aromatic N) is 2. The molecule has 0 N–H and O–H groups in total. The first kappa shape index (κ1) is 17.6. The van der Waals surface area contributed by atoms with Gasteiger partial charge in [-0.2, -0.15) is 0 Å². The molecule has 3 rings (SSSR count). The van der Waals surface area contributed by atoms with Crippen LogP contribution in [0, 0.1) is 0 Å². The standard InChI is InChI=1S/C22H28N2O/c1-17(2)25-21-8-5-7-18(16-21)19-9-10-22-20(15-19)11-14-24(22)13-6-12-23(3)4/h5,7-11,14-17H,6,12-13H2,1-4H3. The molecule has 1 aromatic heterocycles. The van der Waals surface area contributed by atoms with Crippen molar-refractivity contribution in [3.63, 3.8) is 0 Å². The van der Waals surface area contributed by atoms with Gasteiger partial charge in [0, 0.05) is 23.6 Å². The Morgan fingerprint density at radius 3 is 2.56 bits per heavy atom. The summed E-state index contributed by atoms with van der Waals surface area (Å²) in [5.41, 5.74) is 3.73. The van der Waals surface area contributed by atoms with Gasteiger partial charge in [-0.05, 0) is 82.4 Å². The number of hydrogen-bond donors (Lipinski definition) is 0. The number of rotatable bonds is 7. The van der Waals surface area contributed by atoms with Gasteiger partial charge in [0.25, 0.3) is 0 Å². The van der Waals surface area contributed by atoms with Crippen molar-refractivity contribution in [3.8, 4) is 16.9 Å². The van der Waals surface area contributed by atoms with E-state index in [4.69, 9.17) is 4.74 Å². The first-order valence-corrected chi connectivity index (χ1v) is 9.03. The Kier molecular flexibility index (Phi) is 5.44. The summed E-state index contributed by atoms with van der Waals surface area (Å²) in [4.78, 5) is 2.23. The molecule has 3 aromatic rings. The molecule has 0 bridgehead atoms. The van der Waals surface area contributed by atoms with Crippen LogP contribution >= 0.6 is 0 Å². The van der Waals surface area contributed by atoms with Gasteiger partial charge in [-0.1, -0.05) is 18.2 Å². The van der Waals surface area contributed by atoms with E-state index in [0.29, 0.717) is 0 Å². The highest BCUT2D eigenvalue weighted by molar-refractivity contribution is 5.85. The highest BCUT2D eigenvalue weighted by atomic mass is 16.5. The largest absolute Gasteiger partial charge is 0.491 e. The maximum atomic E-state index is 5.82. The normalized spacial score (nSPS) is 11.6. The Morgan fingerprint density at radius 2 is 1.80 bits per heavy atom. The molecule has 0 radical (unpaired) electrons. The average Bonchev–Trinajstić information content (AvgIpc) is 2.96. The summed E-state index contributed by atoms with van der Waals surface area (Å²) in [5.74, 6) is 0.925. The number of aromatic nitrogens is 1. The molecule has 2 aromatic carbocycles. The molecular formula is C22H28N2O. The molecule has 0 spiro atoms. The van der Waals surface area contributed by atoms with Crippen molar-refractivity contribution >= 4 is 10.9 Å². The molecule has 0 saturated heterocycles. The molecule has 3 nitrogen and oxygen atoms in total. The second-order valence-corrected chi connectivity index (χ2v) is 7.13. The van der Waals surface area contributed by atoms with Crippen LogP contribution in [0.1, 0.15) is 20.3 Å². The molecule has 0 fully saturated rings. The first-order chi connectivity index (χ1) is 12.0. The van der Waals surface area contributed by atoms with Crippen LogP contribution in [-0.2, 0) is 6.54 Å². The van der Waals surface area contributed by atoms with Gasteiger partial charge < -0.3 is 14.2 Å². The van der Waals surface area contributed by atoms with Crippen LogP contribution in [-0.4, -0.2) is 36.2 Å². The van der Waals surface area contributed by atoms with Crippen LogP contribution in [0.4, 0.5) is 0 Å². The van der Waals surface area contributed by atoms with Gasteiger partial charge in [-0.15, -0.1) is 0 Å². The van der Waals surface area contributed by atoms with E-state index in [9.17, 15) is 0 Å². The first-order valence-electron chi connectivity index (χ1n) is 9.03. The van der Waals surface area contributed by atoms with Crippen molar-refractivity contribution < 1.29 is 4.74 Å². The lowest BCUT2D eigenvalue weighted by Crippen LogP contribution is -2.14. The lowest BCUT2D eigenvalue weighted by Gasteiger charge is -2.12. The summed E-state index contributed by atoms with van der Waals surface area (Å²) in [6, 6.07) is 17.3. The smallest absolute Gasteiger partial charge is 0.120 e. The van der Waals surface area contributed by atoms with Crippen molar-refractivity contribution in [2.45, 2.75) is 32.9 Å². The fourth-order valence-corrected chi connectivity index (χ4v) is 3.15. The number of fused-ring (bicyclic) bond motifs is 1. The van der Waals surface area contributed by atoms with E-state index < -0.39 is 0 Å². The SMILES string of the molecule is CC(C)Oc1cccc(-c2ccc3c(ccn3CCCN(C)C)c2)c1. The van der Waals surface area contributed by atoms with E-state index in [1.807, 2.05) is 6.07 Å². The Hall–Kier alpha value is -2.26. The van der Waals surface area contributed by atoms with E-state index in [2.05, 4.69) is 86.1 Å². The van der Waals surface area contributed by atoms with Crippen LogP contribution < -0.4 is 4.74 Å². The Bertz CT molecular complexity index is 833. The maximum absolute atomic E-state index is 5.82. The third kappa shape index (κ3) is 4.43. The topological polar surface area (TPSA) is 17.4 Å². The molecule has 0 aliphatic rings. The van der Waals surface area contributed by atoms with Crippen molar-refractivity contribution in [3.05, 3.63) is 54.7 Å². The molecule has 0 aliphatic carbocycles. The van der Waals surface area contributed by atoms with Gasteiger partial charge in [0.05, 0.1) is 6.10 Å². The average molecular weight is 336 g/mol. The second kappa shape index (κ2) is 7.75. The summed E-state index contributed by atoms with van der Waals surface area (Å²) in [5, 5.41) is 1.29. The Morgan fingerprint density at radius 1 is 1.00 bits per heavy atom. The van der Waals surface area contributed by atoms with Gasteiger partial charge in [-0.3, -0.25) is 0 Å². The van der Waals surface area contributed by atoms with Crippen LogP contribution in [0.15, 0.2) is 54.7 Å². The van der Waals surface area contributed by atoms with Gasteiger partial charge in [0.15, 0.2) is 0 Å². The van der Waals surface area contributed by atoms with Crippen LogP contribution in [0.3, 0.4) is 0 Å². The van der Waals surface area contributed by atoms with Gasteiger partial charge in [0.1, 0.15) is 5.75 Å². The van der Waals surface area contributed by atoms with Crippen LogP contribution in [0.5, 0.6) is 5.75 Å². The lowest BCUT2D eigenvalue weighted by atomic mass is 10.0. The zero-order valence-corrected chi connectivity index (χ0v) is 15.7. The number of hydrogen-bond acceptors (Lipinski definition) is 2. The fourth-order valence-electron chi connectivity index (χ4n) is 3.15. The summed E-state index contributed by atoms with van der Waals surface area (Å²) in [6.45, 7) is 6.27. The zero-order chi connectivity index (χ0) is 17.8. The molecule has 0 amide bonds. The monoisotopic (exact) mass is 336 g/mol. The Balaban J connectivity index is 1.82. The molecule has 1 heterocycles. The summed E-state index contributed by atoms with van der Waals surface area (Å²) < 4.78 is 8.17. The van der Waals surface area contributed by atoms with Crippen molar-refractivity contribution in [1.82, 2.24) is 9.47 Å². The third-order valence-corrected chi connectivity index (χ3v) is 4.31. The lowest BCUT2D eigenvalue weighted by molar-refractivity contribution is 0.242. The predicted molar refractivity (Wildman–Crippen MR) is 106 cm³/mol. The van der Waals surface area contributed by atoms with Crippen LogP contribution in [0.25, 0.3) is 22.0 Å². The fraction of sp³-hybridized carbons (Fsp3) is 0.364. The minimum absolute atomic E-state index is 0.189. The minimum atomic E-state index is 0.189. The van der Waals surface area contributed by atoms with E-state index in [0.717, 1.165) is 25.3 Å².